The molecule has 1 aromatic carbocycles. The Morgan fingerprint density at radius 3 is 2.60 bits per heavy atom. The van der Waals surface area contributed by atoms with Crippen LogP contribution in [0, 0.1) is 0 Å². The first kappa shape index (κ1) is 11.1. The fraction of sp³-hybridized carbons (Fsp3) is 0.250. The smallest absolute Gasteiger partial charge is 0.122 e. The van der Waals surface area contributed by atoms with Gasteiger partial charge in [0, 0.05) is 5.39 Å². The van der Waals surface area contributed by atoms with E-state index in [4.69, 9.17) is 0 Å². The molecule has 2 rings (SSSR count). The number of halogens is 2. The van der Waals surface area contributed by atoms with Crippen LogP contribution >= 0.6 is 31.9 Å². The van der Waals surface area contributed by atoms with E-state index in [2.05, 4.69) is 62.0 Å². The van der Waals surface area contributed by atoms with Gasteiger partial charge >= 0.3 is 0 Å². The minimum atomic E-state index is -0.204. The highest BCUT2D eigenvalue weighted by Crippen LogP contribution is 2.40. The second-order valence-electron chi connectivity index (χ2n) is 3.45. The minimum Gasteiger partial charge on any atom is -0.250 e. The molecule has 0 aliphatic heterocycles. The molecule has 0 spiro atoms. The van der Waals surface area contributed by atoms with Crippen molar-refractivity contribution in [1.82, 2.24) is 4.98 Å². The van der Waals surface area contributed by atoms with Crippen molar-refractivity contribution in [3.8, 4) is 0 Å². The number of benzene rings is 1. The summed E-state index contributed by atoms with van der Waals surface area (Å²) in [6.07, 6.45) is 0.943. The molecule has 0 unspecified atom stereocenters. The van der Waals surface area contributed by atoms with Crippen molar-refractivity contribution in [3.63, 3.8) is 0 Å². The summed E-state index contributed by atoms with van der Waals surface area (Å²) in [7, 11) is 0. The highest BCUT2D eigenvalue weighted by molar-refractivity contribution is 9.24. The monoisotopic (exact) mass is 327 g/mol. The van der Waals surface area contributed by atoms with Crippen LogP contribution in [-0.2, 0) is 3.23 Å². The average Bonchev–Trinajstić information content (AvgIpc) is 2.28. The zero-order valence-electron chi connectivity index (χ0n) is 8.37. The highest BCUT2D eigenvalue weighted by atomic mass is 79.9. The van der Waals surface area contributed by atoms with Crippen molar-refractivity contribution >= 4 is 42.8 Å². The minimum absolute atomic E-state index is 0.204. The number of aromatic nitrogens is 1. The lowest BCUT2D eigenvalue weighted by atomic mass is 10.1. The summed E-state index contributed by atoms with van der Waals surface area (Å²) in [6, 6.07) is 12.3. The second kappa shape index (κ2) is 4.22. The molecule has 0 radical (unpaired) electrons. The van der Waals surface area contributed by atoms with Gasteiger partial charge in [-0.25, -0.2) is 0 Å². The van der Waals surface area contributed by atoms with Crippen LogP contribution in [-0.4, -0.2) is 4.98 Å². The van der Waals surface area contributed by atoms with Gasteiger partial charge in [0.2, 0.25) is 0 Å². The Morgan fingerprint density at radius 2 is 1.87 bits per heavy atom. The first-order valence-corrected chi connectivity index (χ1v) is 6.46. The SMILES string of the molecule is CCC(Br)(Br)c1ccc2ccccc2n1. The first-order chi connectivity index (χ1) is 7.13. The van der Waals surface area contributed by atoms with E-state index in [-0.39, 0.29) is 3.23 Å². The van der Waals surface area contributed by atoms with E-state index in [1.54, 1.807) is 0 Å². The van der Waals surface area contributed by atoms with Crippen molar-refractivity contribution < 1.29 is 0 Å². The topological polar surface area (TPSA) is 12.9 Å². The fourth-order valence-corrected chi connectivity index (χ4v) is 1.89. The molecule has 0 aliphatic carbocycles. The van der Waals surface area contributed by atoms with Gasteiger partial charge in [-0.05, 0) is 18.6 Å². The molecule has 0 aliphatic rings. The third kappa shape index (κ3) is 2.23. The first-order valence-electron chi connectivity index (χ1n) is 4.87. The van der Waals surface area contributed by atoms with Gasteiger partial charge in [-0.2, -0.15) is 0 Å². The molecular formula is C12H11Br2N. The number of fused-ring (bicyclic) bond motifs is 1. The fourth-order valence-electron chi connectivity index (χ4n) is 1.45. The molecule has 0 amide bonds. The number of pyridine rings is 1. The molecule has 15 heavy (non-hydrogen) atoms. The molecular weight excluding hydrogens is 318 g/mol. The predicted octanol–water partition coefficient (Wildman–Crippen LogP) is 4.59. The molecule has 0 saturated carbocycles. The van der Waals surface area contributed by atoms with Crippen molar-refractivity contribution in [2.75, 3.05) is 0 Å². The van der Waals surface area contributed by atoms with Crippen molar-refractivity contribution in [2.24, 2.45) is 0 Å². The number of nitrogens with zero attached hydrogens (tertiary/aromatic N) is 1. The number of rotatable bonds is 2. The van der Waals surface area contributed by atoms with Crippen LogP contribution < -0.4 is 0 Å². The van der Waals surface area contributed by atoms with Crippen LogP contribution in [0.4, 0.5) is 0 Å². The normalized spacial score (nSPS) is 11.9. The van der Waals surface area contributed by atoms with E-state index in [1.807, 2.05) is 18.2 Å². The number of hydrogen-bond acceptors (Lipinski definition) is 1. The standard InChI is InChI=1S/C12H11Br2N/c1-2-12(13,14)11-8-7-9-5-3-4-6-10(9)15-11/h3-8H,2H2,1H3. The Hall–Kier alpha value is -0.410. The Labute approximate surface area is 106 Å². The van der Waals surface area contributed by atoms with E-state index >= 15 is 0 Å². The van der Waals surface area contributed by atoms with E-state index in [9.17, 15) is 0 Å². The maximum atomic E-state index is 4.62. The number of hydrogen-bond donors (Lipinski definition) is 0. The van der Waals surface area contributed by atoms with Crippen LogP contribution in [0.25, 0.3) is 10.9 Å². The molecule has 0 fully saturated rings. The maximum Gasteiger partial charge on any atom is 0.122 e. The van der Waals surface area contributed by atoms with Crippen LogP contribution in [0.1, 0.15) is 19.0 Å². The molecule has 1 heterocycles. The summed E-state index contributed by atoms with van der Waals surface area (Å²) in [5.74, 6) is 0. The molecule has 0 atom stereocenters. The van der Waals surface area contributed by atoms with Crippen LogP contribution in [0.3, 0.4) is 0 Å². The lowest BCUT2D eigenvalue weighted by Gasteiger charge is -2.17. The molecule has 1 nitrogen and oxygen atoms in total. The van der Waals surface area contributed by atoms with Crippen LogP contribution in [0.15, 0.2) is 36.4 Å². The van der Waals surface area contributed by atoms with E-state index < -0.39 is 0 Å². The van der Waals surface area contributed by atoms with Crippen molar-refractivity contribution in [1.29, 1.82) is 0 Å². The van der Waals surface area contributed by atoms with E-state index in [1.165, 1.54) is 5.39 Å². The molecule has 1 aromatic heterocycles. The van der Waals surface area contributed by atoms with Gasteiger partial charge in [0.1, 0.15) is 3.23 Å². The largest absolute Gasteiger partial charge is 0.250 e. The summed E-state index contributed by atoms with van der Waals surface area (Å²) in [4.78, 5) is 4.62. The Kier molecular flexibility index (Phi) is 3.12. The summed E-state index contributed by atoms with van der Waals surface area (Å²) in [6.45, 7) is 2.11. The zero-order valence-corrected chi connectivity index (χ0v) is 11.5. The molecule has 0 bridgehead atoms. The number of para-hydroxylation sites is 1. The lowest BCUT2D eigenvalue weighted by Crippen LogP contribution is -2.09. The second-order valence-corrected chi connectivity index (χ2v) is 7.22. The molecule has 2 aromatic rings. The van der Waals surface area contributed by atoms with E-state index in [0.717, 1.165) is 17.6 Å². The van der Waals surface area contributed by atoms with Gasteiger partial charge in [-0.1, -0.05) is 63.0 Å². The van der Waals surface area contributed by atoms with Gasteiger partial charge < -0.3 is 0 Å². The zero-order chi connectivity index (χ0) is 10.9. The number of alkyl halides is 2. The summed E-state index contributed by atoms with van der Waals surface area (Å²) in [5, 5.41) is 1.17. The van der Waals surface area contributed by atoms with Gasteiger partial charge in [0.05, 0.1) is 11.2 Å². The third-order valence-electron chi connectivity index (χ3n) is 2.42. The van der Waals surface area contributed by atoms with Gasteiger partial charge in [0.25, 0.3) is 0 Å². The van der Waals surface area contributed by atoms with Gasteiger partial charge in [-0.15, -0.1) is 0 Å². The average molecular weight is 329 g/mol. The van der Waals surface area contributed by atoms with Crippen molar-refractivity contribution in [2.45, 2.75) is 16.6 Å². The Morgan fingerprint density at radius 1 is 1.13 bits per heavy atom. The molecule has 0 N–H and O–H groups in total. The molecule has 3 heteroatoms. The summed E-state index contributed by atoms with van der Waals surface area (Å²) >= 11 is 7.26. The van der Waals surface area contributed by atoms with Gasteiger partial charge in [-0.3, -0.25) is 4.98 Å². The van der Waals surface area contributed by atoms with E-state index in [0.29, 0.717) is 0 Å². The Bertz CT molecular complexity index is 480. The molecule has 78 valence electrons. The molecule has 0 saturated heterocycles. The van der Waals surface area contributed by atoms with Crippen molar-refractivity contribution in [3.05, 3.63) is 42.1 Å². The summed E-state index contributed by atoms with van der Waals surface area (Å²) < 4.78 is -0.204. The Balaban J connectivity index is 2.56. The lowest BCUT2D eigenvalue weighted by molar-refractivity contribution is 0.835. The maximum absolute atomic E-state index is 4.62. The van der Waals surface area contributed by atoms with Crippen LogP contribution in [0.5, 0.6) is 0 Å². The van der Waals surface area contributed by atoms with Crippen LogP contribution in [0.2, 0.25) is 0 Å². The highest BCUT2D eigenvalue weighted by Gasteiger charge is 2.24. The van der Waals surface area contributed by atoms with Gasteiger partial charge in [0.15, 0.2) is 0 Å². The third-order valence-corrected chi connectivity index (χ3v) is 4.35. The quantitative estimate of drug-likeness (QED) is 0.735. The predicted molar refractivity (Wildman–Crippen MR) is 71.6 cm³/mol. The summed E-state index contributed by atoms with van der Waals surface area (Å²) in [5.41, 5.74) is 2.05.